The zero-order chi connectivity index (χ0) is 28.9. The van der Waals surface area contributed by atoms with Gasteiger partial charge in [0.1, 0.15) is 34.4 Å². The Morgan fingerprint density at radius 3 is 2.56 bits per heavy atom. The second-order valence-corrected chi connectivity index (χ2v) is 10.1. The fraction of sp³-hybridized carbons (Fsp3) is 0.167. The van der Waals surface area contributed by atoms with E-state index in [2.05, 4.69) is 20.4 Å². The number of amides is 1. The van der Waals surface area contributed by atoms with Gasteiger partial charge in [-0.05, 0) is 48.7 Å². The Balaban J connectivity index is 1.41. The molecule has 1 atom stereocenters. The van der Waals surface area contributed by atoms with Gasteiger partial charge in [0.25, 0.3) is 0 Å². The number of carboxylic acid groups (broad SMARTS) is 1. The van der Waals surface area contributed by atoms with E-state index in [-0.39, 0.29) is 36.3 Å². The highest BCUT2D eigenvalue weighted by atomic mass is 19.1. The summed E-state index contributed by atoms with van der Waals surface area (Å²) in [6.45, 7) is 1.77. The fourth-order valence-electron chi connectivity index (χ4n) is 5.27. The minimum Gasteiger partial charge on any atom is -0.481 e. The van der Waals surface area contributed by atoms with Crippen molar-refractivity contribution in [3.63, 3.8) is 0 Å². The zero-order valence-electron chi connectivity index (χ0n) is 21.9. The number of benzene rings is 3. The molecule has 1 amide bonds. The third-order valence-electron chi connectivity index (χ3n) is 7.49. The van der Waals surface area contributed by atoms with Crippen LogP contribution in [0.25, 0.3) is 22.4 Å². The number of carboxylic acids is 1. The van der Waals surface area contributed by atoms with Crippen molar-refractivity contribution in [3.05, 3.63) is 101 Å². The number of aromatic nitrogens is 4. The van der Waals surface area contributed by atoms with Crippen LogP contribution in [0.4, 0.5) is 20.4 Å². The van der Waals surface area contributed by atoms with Crippen LogP contribution in [0.2, 0.25) is 0 Å². The molecule has 6 rings (SSSR count). The average molecular weight is 555 g/mol. The van der Waals surface area contributed by atoms with Crippen LogP contribution in [0.15, 0.2) is 66.7 Å². The summed E-state index contributed by atoms with van der Waals surface area (Å²) in [4.78, 5) is 33.4. The molecule has 1 aliphatic rings. The standard InChI is InChI=1S/C30H24F2N6O3/c1-30(18-9-6-16(7-10-18)8-13-23(39)40)24-26(33)34-28(35-27(24)36-29(30)41)25-20-12-11-19(31)14-22(20)38(37-25)15-17-4-2-3-5-21(17)32/h2-7,9-12,14H,8,13,15H2,1H3,(H,39,40)(H3,33,34,35,36,41). The smallest absolute Gasteiger partial charge is 0.303 e. The van der Waals surface area contributed by atoms with Crippen molar-refractivity contribution < 1.29 is 23.5 Å². The Kier molecular flexibility index (Phi) is 6.21. The van der Waals surface area contributed by atoms with Crippen molar-refractivity contribution in [2.45, 2.75) is 31.7 Å². The van der Waals surface area contributed by atoms with Gasteiger partial charge >= 0.3 is 5.97 Å². The lowest BCUT2D eigenvalue weighted by Gasteiger charge is -2.23. The van der Waals surface area contributed by atoms with Crippen LogP contribution in [0.5, 0.6) is 0 Å². The predicted molar refractivity (Wildman–Crippen MR) is 148 cm³/mol. The summed E-state index contributed by atoms with van der Waals surface area (Å²) >= 11 is 0. The number of anilines is 2. The van der Waals surface area contributed by atoms with Gasteiger partial charge in [-0.1, -0.05) is 42.5 Å². The monoisotopic (exact) mass is 554 g/mol. The summed E-state index contributed by atoms with van der Waals surface area (Å²) in [5.74, 6) is -1.71. The Labute approximate surface area is 232 Å². The van der Waals surface area contributed by atoms with Crippen LogP contribution in [0, 0.1) is 11.6 Å². The quantitative estimate of drug-likeness (QED) is 0.266. The average Bonchev–Trinajstić information content (AvgIpc) is 3.43. The maximum Gasteiger partial charge on any atom is 0.303 e. The molecular formula is C30H24F2N6O3. The molecule has 1 aliphatic heterocycles. The molecular weight excluding hydrogens is 530 g/mol. The van der Waals surface area contributed by atoms with Gasteiger partial charge in [-0.25, -0.2) is 18.7 Å². The fourth-order valence-corrected chi connectivity index (χ4v) is 5.27. The topological polar surface area (TPSA) is 136 Å². The summed E-state index contributed by atoms with van der Waals surface area (Å²) in [5, 5.41) is 16.9. The minimum atomic E-state index is -1.20. The summed E-state index contributed by atoms with van der Waals surface area (Å²) in [5.41, 5.74) is 8.24. The number of hydrogen-bond donors (Lipinski definition) is 3. The minimum absolute atomic E-state index is 0.000866. The van der Waals surface area contributed by atoms with Crippen molar-refractivity contribution in [1.82, 2.24) is 19.7 Å². The maximum absolute atomic E-state index is 14.4. The highest BCUT2D eigenvalue weighted by Gasteiger charge is 2.47. The van der Waals surface area contributed by atoms with E-state index in [0.29, 0.717) is 39.7 Å². The SMILES string of the molecule is CC1(c2ccc(CCC(=O)O)cc2)C(=O)Nc2nc(-c3nn(Cc4ccccc4F)c4cc(F)ccc34)nc(N)c21. The van der Waals surface area contributed by atoms with E-state index >= 15 is 0 Å². The second-order valence-electron chi connectivity index (χ2n) is 10.1. The van der Waals surface area contributed by atoms with Crippen LogP contribution in [-0.4, -0.2) is 36.7 Å². The molecule has 4 N–H and O–H groups in total. The van der Waals surface area contributed by atoms with Crippen molar-refractivity contribution in [2.75, 3.05) is 11.1 Å². The molecule has 206 valence electrons. The van der Waals surface area contributed by atoms with Crippen molar-refractivity contribution in [2.24, 2.45) is 0 Å². The molecule has 0 bridgehead atoms. The van der Waals surface area contributed by atoms with E-state index in [1.807, 2.05) is 0 Å². The first kappa shape index (κ1) is 26.1. The van der Waals surface area contributed by atoms with Crippen LogP contribution >= 0.6 is 0 Å². The zero-order valence-corrected chi connectivity index (χ0v) is 21.9. The summed E-state index contributed by atoms with van der Waals surface area (Å²) in [6, 6.07) is 17.5. The van der Waals surface area contributed by atoms with Crippen molar-refractivity contribution in [3.8, 4) is 11.5 Å². The molecule has 0 spiro atoms. The Morgan fingerprint density at radius 2 is 1.83 bits per heavy atom. The predicted octanol–water partition coefficient (Wildman–Crippen LogP) is 4.68. The Morgan fingerprint density at radius 1 is 1.07 bits per heavy atom. The number of rotatable bonds is 7. The van der Waals surface area contributed by atoms with Crippen molar-refractivity contribution >= 4 is 34.4 Å². The van der Waals surface area contributed by atoms with Gasteiger partial charge in [-0.3, -0.25) is 14.3 Å². The molecule has 9 nitrogen and oxygen atoms in total. The number of aryl methyl sites for hydroxylation is 1. The van der Waals surface area contributed by atoms with Crippen LogP contribution in [-0.2, 0) is 28.0 Å². The highest BCUT2D eigenvalue weighted by Crippen LogP contribution is 2.45. The summed E-state index contributed by atoms with van der Waals surface area (Å²) in [7, 11) is 0. The first-order valence-electron chi connectivity index (χ1n) is 12.9. The lowest BCUT2D eigenvalue weighted by molar-refractivity contribution is -0.137. The molecule has 0 aliphatic carbocycles. The molecule has 0 saturated heterocycles. The molecule has 2 aromatic heterocycles. The van der Waals surface area contributed by atoms with Crippen LogP contribution in [0.3, 0.4) is 0 Å². The number of nitrogens with zero attached hydrogens (tertiary/aromatic N) is 4. The van der Waals surface area contributed by atoms with E-state index in [4.69, 9.17) is 10.8 Å². The lowest BCUT2D eigenvalue weighted by Crippen LogP contribution is -2.33. The number of nitrogen functional groups attached to an aromatic ring is 1. The van der Waals surface area contributed by atoms with E-state index in [0.717, 1.165) is 5.56 Å². The molecule has 3 heterocycles. The molecule has 3 aromatic carbocycles. The molecule has 0 saturated carbocycles. The van der Waals surface area contributed by atoms with Gasteiger partial charge in [0.05, 0.1) is 17.6 Å². The molecule has 5 aromatic rings. The maximum atomic E-state index is 14.4. The van der Waals surface area contributed by atoms with Gasteiger partial charge in [-0.2, -0.15) is 5.10 Å². The number of carbonyl (C=O) groups is 2. The van der Waals surface area contributed by atoms with E-state index < -0.39 is 23.0 Å². The van der Waals surface area contributed by atoms with E-state index in [1.54, 1.807) is 55.5 Å². The summed E-state index contributed by atoms with van der Waals surface area (Å²) in [6.07, 6.45) is 0.367. The number of nitrogens with one attached hydrogen (secondary N) is 1. The number of halogens is 2. The van der Waals surface area contributed by atoms with Gasteiger partial charge in [0.15, 0.2) is 5.82 Å². The lowest BCUT2D eigenvalue weighted by atomic mass is 9.77. The first-order chi connectivity index (χ1) is 19.6. The molecule has 41 heavy (non-hydrogen) atoms. The number of fused-ring (bicyclic) bond motifs is 2. The van der Waals surface area contributed by atoms with Crippen LogP contribution < -0.4 is 11.1 Å². The van der Waals surface area contributed by atoms with E-state index in [9.17, 15) is 18.4 Å². The van der Waals surface area contributed by atoms with Gasteiger partial charge in [-0.15, -0.1) is 0 Å². The van der Waals surface area contributed by atoms with Crippen LogP contribution in [0.1, 0.15) is 35.6 Å². The Hall–Kier alpha value is -5.19. The normalized spacial score (nSPS) is 16.1. The number of aliphatic carboxylic acids is 1. The van der Waals surface area contributed by atoms with Gasteiger partial charge in [0, 0.05) is 17.4 Å². The third kappa shape index (κ3) is 4.45. The van der Waals surface area contributed by atoms with Gasteiger partial charge in [0.2, 0.25) is 5.91 Å². The second kappa shape index (κ2) is 9.77. The number of hydrogen-bond acceptors (Lipinski definition) is 6. The highest BCUT2D eigenvalue weighted by molar-refractivity contribution is 6.09. The van der Waals surface area contributed by atoms with Gasteiger partial charge < -0.3 is 16.2 Å². The number of carbonyl (C=O) groups excluding carboxylic acids is 1. The molecule has 1 unspecified atom stereocenters. The summed E-state index contributed by atoms with van der Waals surface area (Å²) < 4.78 is 30.1. The molecule has 11 heteroatoms. The molecule has 0 radical (unpaired) electrons. The largest absolute Gasteiger partial charge is 0.481 e. The third-order valence-corrected chi connectivity index (χ3v) is 7.49. The molecule has 0 fully saturated rings. The first-order valence-corrected chi connectivity index (χ1v) is 12.9. The van der Waals surface area contributed by atoms with E-state index in [1.165, 1.54) is 22.9 Å². The number of nitrogens with two attached hydrogens (primary N) is 1. The van der Waals surface area contributed by atoms with Crippen molar-refractivity contribution in [1.29, 1.82) is 0 Å². The Bertz CT molecular complexity index is 1850.